The molecule has 1 unspecified atom stereocenters. The SMILES string of the molecule is CC(C)[C@@H](CN1CCC[C@H]1C(=O)N1CCC[C@H]1C(=O)O[C@H](CN1CCOCC1)c1ccccc1)N(C)C(=O)[C@@H](NC(=O)C1CCCCN1C)C(C)(C)C. The van der Waals surface area contributed by atoms with Gasteiger partial charge in [0.1, 0.15) is 18.2 Å². The van der Waals surface area contributed by atoms with Crippen LogP contribution in [0.5, 0.6) is 0 Å². The van der Waals surface area contributed by atoms with Gasteiger partial charge in [-0.25, -0.2) is 4.79 Å². The number of nitrogens with zero attached hydrogens (tertiary/aromatic N) is 5. The molecule has 4 fully saturated rings. The summed E-state index contributed by atoms with van der Waals surface area (Å²) in [6, 6.07) is 7.77. The highest BCUT2D eigenvalue weighted by molar-refractivity contribution is 5.91. The van der Waals surface area contributed by atoms with Gasteiger partial charge in [0.15, 0.2) is 0 Å². The third-order valence-corrected chi connectivity index (χ3v) is 11.9. The van der Waals surface area contributed by atoms with Crippen LogP contribution in [0, 0.1) is 11.3 Å². The number of likely N-dealkylation sites (tertiary alicyclic amines) is 3. The largest absolute Gasteiger partial charge is 0.455 e. The van der Waals surface area contributed by atoms with Gasteiger partial charge in [0, 0.05) is 45.8 Å². The summed E-state index contributed by atoms with van der Waals surface area (Å²) < 4.78 is 11.8. The molecule has 3 amide bonds. The van der Waals surface area contributed by atoms with E-state index in [1.807, 2.05) is 65.2 Å². The molecule has 6 atom stereocenters. The number of carbonyl (C=O) groups excluding carboxylic acids is 4. The number of carbonyl (C=O) groups is 4. The number of ether oxygens (including phenoxy) is 2. The molecule has 0 radical (unpaired) electrons. The van der Waals surface area contributed by atoms with E-state index in [-0.39, 0.29) is 47.7 Å². The Morgan fingerprint density at radius 1 is 0.868 bits per heavy atom. The Hall–Kier alpha value is -3.06. The molecule has 0 spiro atoms. The minimum atomic E-state index is -0.688. The highest BCUT2D eigenvalue weighted by atomic mass is 16.5. The van der Waals surface area contributed by atoms with E-state index in [0.717, 1.165) is 63.8 Å². The molecule has 4 aliphatic rings. The smallest absolute Gasteiger partial charge is 0.329 e. The van der Waals surface area contributed by atoms with Crippen LogP contribution >= 0.6 is 0 Å². The van der Waals surface area contributed by atoms with E-state index >= 15 is 0 Å². The molecule has 1 N–H and O–H groups in total. The summed E-state index contributed by atoms with van der Waals surface area (Å²) in [6.45, 7) is 16.3. The summed E-state index contributed by atoms with van der Waals surface area (Å²) >= 11 is 0. The number of nitrogens with one attached hydrogen (secondary N) is 1. The second-order valence-corrected chi connectivity index (χ2v) is 17.2. The van der Waals surface area contributed by atoms with Crippen molar-refractivity contribution in [1.29, 1.82) is 0 Å². The van der Waals surface area contributed by atoms with E-state index in [9.17, 15) is 19.2 Å². The fourth-order valence-electron chi connectivity index (χ4n) is 8.59. The molecule has 12 nitrogen and oxygen atoms in total. The van der Waals surface area contributed by atoms with Gasteiger partial charge in [0.05, 0.1) is 25.3 Å². The minimum Gasteiger partial charge on any atom is -0.455 e. The number of hydrogen-bond donors (Lipinski definition) is 1. The third-order valence-electron chi connectivity index (χ3n) is 11.9. The van der Waals surface area contributed by atoms with E-state index in [2.05, 4.69) is 33.9 Å². The molecule has 0 saturated carbocycles. The third kappa shape index (κ3) is 10.4. The summed E-state index contributed by atoms with van der Waals surface area (Å²) in [4.78, 5) is 66.2. The molecular weight excluding hydrogens is 672 g/mol. The monoisotopic (exact) mass is 739 g/mol. The molecule has 5 rings (SSSR count). The Kier molecular flexibility index (Phi) is 14.4. The lowest BCUT2D eigenvalue weighted by atomic mass is 9.84. The lowest BCUT2D eigenvalue weighted by Crippen LogP contribution is -2.61. The predicted octanol–water partition coefficient (Wildman–Crippen LogP) is 3.56. The number of benzene rings is 1. The first-order valence-electron chi connectivity index (χ1n) is 20.1. The van der Waals surface area contributed by atoms with E-state index in [4.69, 9.17) is 9.47 Å². The Balaban J connectivity index is 1.25. The standard InChI is InChI=1S/C41H66N6O6/c1-29(2)34(44(7)39(50)36(41(3,4)5)42-37(48)31-17-11-12-20-43(31)6)27-46-21-13-18-32(46)38(49)47-22-14-19-33(47)40(51)53-35(30-15-9-8-10-16-30)28-45-23-25-52-26-24-45/h8-10,15-16,29,31-36H,11-14,17-28H2,1-7H3,(H,42,48)/t31?,32-,33-,34+,35+,36+/m0/s1. The van der Waals surface area contributed by atoms with Gasteiger partial charge in [-0.3, -0.25) is 29.1 Å². The number of hydrogen-bond acceptors (Lipinski definition) is 9. The first-order valence-corrected chi connectivity index (χ1v) is 20.1. The van der Waals surface area contributed by atoms with Crippen molar-refractivity contribution in [3.05, 3.63) is 35.9 Å². The van der Waals surface area contributed by atoms with Gasteiger partial charge in [0.2, 0.25) is 17.7 Å². The van der Waals surface area contributed by atoms with Crippen LogP contribution in [0.1, 0.15) is 91.2 Å². The summed E-state index contributed by atoms with van der Waals surface area (Å²) in [6.07, 6.45) is 5.34. The molecule has 0 bridgehead atoms. The average Bonchev–Trinajstić information content (AvgIpc) is 3.83. The molecular formula is C41H66N6O6. The van der Waals surface area contributed by atoms with Crippen molar-refractivity contribution in [3.8, 4) is 0 Å². The zero-order valence-corrected chi connectivity index (χ0v) is 33.4. The molecule has 1 aromatic carbocycles. The Morgan fingerprint density at radius 2 is 1.53 bits per heavy atom. The number of rotatable bonds is 13. The summed E-state index contributed by atoms with van der Waals surface area (Å²) in [5.41, 5.74) is 0.446. The van der Waals surface area contributed by atoms with Crippen molar-refractivity contribution in [1.82, 2.24) is 29.8 Å². The highest BCUT2D eigenvalue weighted by Gasteiger charge is 2.44. The van der Waals surface area contributed by atoms with Crippen LogP contribution < -0.4 is 5.32 Å². The maximum atomic E-state index is 14.4. The Bertz CT molecular complexity index is 1380. The van der Waals surface area contributed by atoms with Crippen LogP contribution in [0.15, 0.2) is 30.3 Å². The van der Waals surface area contributed by atoms with Crippen molar-refractivity contribution in [2.45, 2.75) is 116 Å². The van der Waals surface area contributed by atoms with E-state index in [1.165, 1.54) is 0 Å². The number of esters is 1. The second-order valence-electron chi connectivity index (χ2n) is 17.2. The van der Waals surface area contributed by atoms with Crippen LogP contribution in [-0.2, 0) is 28.7 Å². The summed E-state index contributed by atoms with van der Waals surface area (Å²) in [5, 5.41) is 3.15. The van der Waals surface area contributed by atoms with Crippen molar-refractivity contribution >= 4 is 23.7 Å². The normalized spacial score (nSPS) is 25.2. The van der Waals surface area contributed by atoms with Crippen LogP contribution in [0.3, 0.4) is 0 Å². The van der Waals surface area contributed by atoms with E-state index in [1.54, 1.807) is 9.80 Å². The molecule has 4 aliphatic heterocycles. The van der Waals surface area contributed by atoms with Gasteiger partial charge in [-0.05, 0) is 75.6 Å². The maximum Gasteiger partial charge on any atom is 0.329 e. The van der Waals surface area contributed by atoms with Gasteiger partial charge < -0.3 is 24.6 Å². The van der Waals surface area contributed by atoms with Crippen molar-refractivity contribution in [3.63, 3.8) is 0 Å². The Morgan fingerprint density at radius 3 is 2.19 bits per heavy atom. The topological polar surface area (TPSA) is 115 Å². The van der Waals surface area contributed by atoms with Crippen LogP contribution in [0.25, 0.3) is 0 Å². The zero-order valence-electron chi connectivity index (χ0n) is 33.4. The molecule has 4 saturated heterocycles. The highest BCUT2D eigenvalue weighted by Crippen LogP contribution is 2.30. The number of amides is 3. The molecule has 4 heterocycles. The second kappa shape index (κ2) is 18.5. The van der Waals surface area contributed by atoms with Gasteiger partial charge in [-0.1, -0.05) is 71.4 Å². The van der Waals surface area contributed by atoms with Crippen molar-refractivity contribution in [2.75, 3.05) is 73.1 Å². The van der Waals surface area contributed by atoms with Crippen LogP contribution in [-0.4, -0.2) is 152 Å². The minimum absolute atomic E-state index is 0.0284. The molecule has 0 aromatic heterocycles. The quantitative estimate of drug-likeness (QED) is 0.304. The molecule has 0 aliphatic carbocycles. The molecule has 12 heteroatoms. The number of morpholine rings is 1. The van der Waals surface area contributed by atoms with Gasteiger partial charge in [-0.2, -0.15) is 0 Å². The number of likely N-dealkylation sites (N-methyl/N-ethyl adjacent to an activating group) is 2. The first kappa shape index (κ1) is 41.1. The fraction of sp³-hybridized carbons (Fsp3) is 0.756. The first-order chi connectivity index (χ1) is 25.3. The van der Waals surface area contributed by atoms with Crippen molar-refractivity contribution in [2.24, 2.45) is 11.3 Å². The maximum absolute atomic E-state index is 14.4. The van der Waals surface area contributed by atoms with E-state index in [0.29, 0.717) is 45.7 Å². The fourth-order valence-corrected chi connectivity index (χ4v) is 8.59. The predicted molar refractivity (Wildman–Crippen MR) is 205 cm³/mol. The summed E-state index contributed by atoms with van der Waals surface area (Å²) in [5.74, 6) is -0.466. The molecule has 53 heavy (non-hydrogen) atoms. The van der Waals surface area contributed by atoms with Crippen LogP contribution in [0.4, 0.5) is 0 Å². The van der Waals surface area contributed by atoms with Crippen LogP contribution in [0.2, 0.25) is 0 Å². The lowest BCUT2D eigenvalue weighted by molar-refractivity contribution is -0.160. The van der Waals surface area contributed by atoms with Crippen molar-refractivity contribution < 1.29 is 28.7 Å². The lowest BCUT2D eigenvalue weighted by Gasteiger charge is -2.41. The Labute approximate surface area is 317 Å². The zero-order chi connectivity index (χ0) is 38.3. The molecule has 296 valence electrons. The van der Waals surface area contributed by atoms with Gasteiger partial charge >= 0.3 is 5.97 Å². The average molecular weight is 739 g/mol. The van der Waals surface area contributed by atoms with Gasteiger partial charge in [0.25, 0.3) is 0 Å². The number of piperidine rings is 1. The van der Waals surface area contributed by atoms with E-state index < -0.39 is 23.6 Å². The summed E-state index contributed by atoms with van der Waals surface area (Å²) in [7, 11) is 3.82. The van der Waals surface area contributed by atoms with Gasteiger partial charge in [-0.15, -0.1) is 0 Å². The molecule has 1 aromatic rings.